The summed E-state index contributed by atoms with van der Waals surface area (Å²) in [4.78, 5) is 22.4. The van der Waals surface area contributed by atoms with Gasteiger partial charge in [-0.1, -0.05) is 13.3 Å². The summed E-state index contributed by atoms with van der Waals surface area (Å²) in [6, 6.07) is 0. The summed E-state index contributed by atoms with van der Waals surface area (Å²) >= 11 is 0. The zero-order valence-corrected chi connectivity index (χ0v) is 10.1. The third-order valence-electron chi connectivity index (χ3n) is 2.38. The molecule has 1 amide bonds. The van der Waals surface area contributed by atoms with Crippen molar-refractivity contribution in [1.29, 1.82) is 0 Å². The van der Waals surface area contributed by atoms with Crippen LogP contribution >= 0.6 is 0 Å². The van der Waals surface area contributed by atoms with E-state index in [0.717, 1.165) is 12.8 Å². The lowest BCUT2D eigenvalue weighted by Crippen LogP contribution is -2.35. The molecule has 16 heavy (non-hydrogen) atoms. The fraction of sp³-hybridized carbons (Fsp3) is 0.818. The molecule has 5 nitrogen and oxygen atoms in total. The van der Waals surface area contributed by atoms with Gasteiger partial charge in [0.1, 0.15) is 0 Å². The van der Waals surface area contributed by atoms with Crippen LogP contribution in [-0.2, 0) is 14.3 Å². The Morgan fingerprint density at radius 2 is 2.12 bits per heavy atom. The molecular weight excluding hydrogens is 208 g/mol. The lowest BCUT2D eigenvalue weighted by atomic mass is 10.0. The van der Waals surface area contributed by atoms with Crippen molar-refractivity contribution in [3.05, 3.63) is 0 Å². The Hall–Kier alpha value is -1.10. The highest BCUT2D eigenvalue weighted by Crippen LogP contribution is 2.04. The molecule has 0 saturated carbocycles. The Balaban J connectivity index is 3.67. The summed E-state index contributed by atoms with van der Waals surface area (Å²) in [5, 5.41) is 2.77. The van der Waals surface area contributed by atoms with E-state index >= 15 is 0 Å². The van der Waals surface area contributed by atoms with E-state index in [1.807, 2.05) is 6.92 Å². The Bertz CT molecular complexity index is 219. The molecule has 0 fully saturated rings. The van der Waals surface area contributed by atoms with E-state index in [-0.39, 0.29) is 17.8 Å². The largest absolute Gasteiger partial charge is 0.469 e. The van der Waals surface area contributed by atoms with Crippen molar-refractivity contribution in [2.45, 2.75) is 32.6 Å². The highest BCUT2D eigenvalue weighted by atomic mass is 16.5. The van der Waals surface area contributed by atoms with E-state index in [0.29, 0.717) is 25.9 Å². The molecule has 0 spiro atoms. The number of methoxy groups -OCH3 is 1. The van der Waals surface area contributed by atoms with Crippen LogP contribution in [0.25, 0.3) is 0 Å². The smallest absolute Gasteiger partial charge is 0.305 e. The number of nitrogens with two attached hydrogens (primary N) is 1. The molecule has 0 saturated heterocycles. The summed E-state index contributed by atoms with van der Waals surface area (Å²) in [5.74, 6) is -0.379. The second kappa shape index (κ2) is 9.15. The van der Waals surface area contributed by atoms with E-state index < -0.39 is 0 Å². The molecule has 0 aromatic rings. The van der Waals surface area contributed by atoms with Crippen molar-refractivity contribution in [3.8, 4) is 0 Å². The lowest BCUT2D eigenvalue weighted by Gasteiger charge is -2.13. The van der Waals surface area contributed by atoms with E-state index in [1.165, 1.54) is 7.11 Å². The molecule has 5 heteroatoms. The van der Waals surface area contributed by atoms with Crippen LogP contribution in [-0.4, -0.2) is 32.1 Å². The number of ether oxygens (including phenoxy) is 1. The van der Waals surface area contributed by atoms with Gasteiger partial charge in [0, 0.05) is 19.5 Å². The normalized spacial score (nSPS) is 11.9. The number of hydrogen-bond acceptors (Lipinski definition) is 4. The van der Waals surface area contributed by atoms with Gasteiger partial charge in [0.05, 0.1) is 13.0 Å². The Kier molecular flexibility index (Phi) is 8.52. The molecule has 0 bridgehead atoms. The molecule has 0 aliphatic rings. The minimum Gasteiger partial charge on any atom is -0.469 e. The van der Waals surface area contributed by atoms with Crippen molar-refractivity contribution in [3.63, 3.8) is 0 Å². The van der Waals surface area contributed by atoms with Crippen LogP contribution in [0.1, 0.15) is 32.6 Å². The van der Waals surface area contributed by atoms with Gasteiger partial charge in [-0.25, -0.2) is 0 Å². The average molecular weight is 230 g/mol. The number of hydrogen-bond donors (Lipinski definition) is 2. The van der Waals surface area contributed by atoms with Crippen LogP contribution in [0.2, 0.25) is 0 Å². The topological polar surface area (TPSA) is 81.4 Å². The number of nitrogens with one attached hydrogen (secondary N) is 1. The SMILES string of the molecule is CCCC(CN)C(=O)NCCCC(=O)OC. The average Bonchev–Trinajstić information content (AvgIpc) is 2.30. The van der Waals surface area contributed by atoms with Crippen LogP contribution in [0.3, 0.4) is 0 Å². The molecule has 94 valence electrons. The molecule has 0 aromatic carbocycles. The molecule has 0 aliphatic heterocycles. The maximum Gasteiger partial charge on any atom is 0.305 e. The van der Waals surface area contributed by atoms with Gasteiger partial charge in [0.15, 0.2) is 0 Å². The van der Waals surface area contributed by atoms with Crippen molar-refractivity contribution in [2.24, 2.45) is 11.7 Å². The maximum absolute atomic E-state index is 11.6. The third kappa shape index (κ3) is 6.40. The van der Waals surface area contributed by atoms with Crippen molar-refractivity contribution < 1.29 is 14.3 Å². The molecule has 0 radical (unpaired) electrons. The van der Waals surface area contributed by atoms with Gasteiger partial charge >= 0.3 is 5.97 Å². The van der Waals surface area contributed by atoms with Crippen LogP contribution in [0.4, 0.5) is 0 Å². The summed E-state index contributed by atoms with van der Waals surface area (Å²) in [6.45, 7) is 2.89. The van der Waals surface area contributed by atoms with Crippen LogP contribution in [0, 0.1) is 5.92 Å². The van der Waals surface area contributed by atoms with Gasteiger partial charge in [-0.05, 0) is 12.8 Å². The van der Waals surface area contributed by atoms with Gasteiger partial charge in [0.2, 0.25) is 5.91 Å². The van der Waals surface area contributed by atoms with Gasteiger partial charge in [0.25, 0.3) is 0 Å². The zero-order valence-electron chi connectivity index (χ0n) is 10.1. The summed E-state index contributed by atoms with van der Waals surface area (Å²) in [5.41, 5.74) is 5.50. The molecule has 0 rings (SSSR count). The first-order chi connectivity index (χ1) is 7.65. The number of carbonyl (C=O) groups is 2. The van der Waals surface area contributed by atoms with Gasteiger partial charge in [-0.15, -0.1) is 0 Å². The quantitative estimate of drug-likeness (QED) is 0.468. The van der Waals surface area contributed by atoms with E-state index in [2.05, 4.69) is 10.1 Å². The lowest BCUT2D eigenvalue weighted by molar-refractivity contribution is -0.140. The predicted octanol–water partition coefficient (Wildman–Crippen LogP) is 0.431. The molecule has 3 N–H and O–H groups in total. The Morgan fingerprint density at radius 1 is 1.44 bits per heavy atom. The first-order valence-electron chi connectivity index (χ1n) is 5.70. The fourth-order valence-electron chi connectivity index (χ4n) is 1.40. The fourth-order valence-corrected chi connectivity index (χ4v) is 1.40. The van der Waals surface area contributed by atoms with Crippen LogP contribution in [0.5, 0.6) is 0 Å². The summed E-state index contributed by atoms with van der Waals surface area (Å²) in [7, 11) is 1.35. The van der Waals surface area contributed by atoms with E-state index in [9.17, 15) is 9.59 Å². The first-order valence-corrected chi connectivity index (χ1v) is 5.70. The van der Waals surface area contributed by atoms with Gasteiger partial charge in [-0.2, -0.15) is 0 Å². The molecule has 1 unspecified atom stereocenters. The number of amides is 1. The number of rotatable bonds is 8. The molecule has 0 aliphatic carbocycles. The number of esters is 1. The Labute approximate surface area is 96.7 Å². The van der Waals surface area contributed by atoms with Crippen molar-refractivity contribution >= 4 is 11.9 Å². The molecule has 0 aromatic heterocycles. The van der Waals surface area contributed by atoms with Gasteiger partial charge in [-0.3, -0.25) is 9.59 Å². The second-order valence-electron chi connectivity index (χ2n) is 3.69. The third-order valence-corrected chi connectivity index (χ3v) is 2.38. The maximum atomic E-state index is 11.6. The standard InChI is InChI=1S/C11H22N2O3/c1-3-5-9(8-12)11(15)13-7-4-6-10(14)16-2/h9H,3-8,12H2,1-2H3,(H,13,15). The summed E-state index contributed by atoms with van der Waals surface area (Å²) in [6.07, 6.45) is 2.68. The van der Waals surface area contributed by atoms with E-state index in [4.69, 9.17) is 5.73 Å². The van der Waals surface area contributed by atoms with Crippen molar-refractivity contribution in [2.75, 3.05) is 20.2 Å². The van der Waals surface area contributed by atoms with E-state index in [1.54, 1.807) is 0 Å². The monoisotopic (exact) mass is 230 g/mol. The van der Waals surface area contributed by atoms with Crippen LogP contribution < -0.4 is 11.1 Å². The van der Waals surface area contributed by atoms with Crippen LogP contribution in [0.15, 0.2) is 0 Å². The molecule has 0 heterocycles. The Morgan fingerprint density at radius 3 is 2.62 bits per heavy atom. The highest BCUT2D eigenvalue weighted by Gasteiger charge is 2.14. The minimum absolute atomic E-state index is 0.0192. The summed E-state index contributed by atoms with van der Waals surface area (Å²) < 4.78 is 4.49. The zero-order chi connectivity index (χ0) is 12.4. The minimum atomic E-state index is -0.252. The first kappa shape index (κ1) is 14.9. The predicted molar refractivity (Wildman–Crippen MR) is 61.7 cm³/mol. The second-order valence-corrected chi connectivity index (χ2v) is 3.69. The molecular formula is C11H22N2O3. The van der Waals surface area contributed by atoms with Crippen molar-refractivity contribution in [1.82, 2.24) is 5.32 Å². The van der Waals surface area contributed by atoms with Gasteiger partial charge < -0.3 is 15.8 Å². The molecule has 1 atom stereocenters. The number of carbonyl (C=O) groups excluding carboxylic acids is 2. The highest BCUT2D eigenvalue weighted by molar-refractivity contribution is 5.78.